The first-order valence-corrected chi connectivity index (χ1v) is 9.25. The van der Waals surface area contributed by atoms with Gasteiger partial charge in [-0.15, -0.1) is 0 Å². The Kier molecular flexibility index (Phi) is 4.99. The molecule has 0 amide bonds. The summed E-state index contributed by atoms with van der Waals surface area (Å²) >= 11 is 0. The molecule has 27 heavy (non-hydrogen) atoms. The molecule has 0 saturated carbocycles. The molecule has 0 aromatic rings. The monoisotopic (exact) mass is 380 g/mol. The van der Waals surface area contributed by atoms with Crippen molar-refractivity contribution in [3.05, 3.63) is 23.8 Å². The van der Waals surface area contributed by atoms with Gasteiger partial charge in [-0.2, -0.15) is 0 Å². The van der Waals surface area contributed by atoms with Crippen molar-refractivity contribution in [2.45, 2.75) is 70.2 Å². The summed E-state index contributed by atoms with van der Waals surface area (Å²) in [6, 6.07) is 0. The van der Waals surface area contributed by atoms with Gasteiger partial charge in [-0.1, -0.05) is 20.4 Å². The molecule has 2 saturated heterocycles. The largest absolute Gasteiger partial charge is 0.461 e. The second-order valence-corrected chi connectivity index (χ2v) is 8.23. The maximum Gasteiger partial charge on any atom is 0.334 e. The van der Waals surface area contributed by atoms with Crippen LogP contribution in [0.4, 0.5) is 0 Å². The molecule has 0 aliphatic carbocycles. The lowest BCUT2D eigenvalue weighted by molar-refractivity contribution is -0.210. The molecule has 0 aromatic carbocycles. The second kappa shape index (κ2) is 6.72. The van der Waals surface area contributed by atoms with Gasteiger partial charge in [0.15, 0.2) is 5.79 Å². The number of aliphatic hydroxyl groups is 1. The Labute approximate surface area is 159 Å². The zero-order valence-electron chi connectivity index (χ0n) is 16.5. The van der Waals surface area contributed by atoms with Gasteiger partial charge in [-0.3, -0.25) is 4.79 Å². The molecule has 150 valence electrons. The van der Waals surface area contributed by atoms with Crippen molar-refractivity contribution in [2.24, 2.45) is 11.8 Å². The van der Waals surface area contributed by atoms with Crippen molar-refractivity contribution < 1.29 is 33.6 Å². The predicted octanol–water partition coefficient (Wildman–Crippen LogP) is 1.88. The third kappa shape index (κ3) is 3.32. The van der Waals surface area contributed by atoms with Crippen LogP contribution >= 0.6 is 0 Å². The topological polar surface area (TPSA) is 91.3 Å². The van der Waals surface area contributed by atoms with Crippen molar-refractivity contribution in [1.29, 1.82) is 0 Å². The molecule has 3 aliphatic heterocycles. The highest BCUT2D eigenvalue weighted by Crippen LogP contribution is 2.48. The van der Waals surface area contributed by atoms with Crippen LogP contribution in [0.3, 0.4) is 0 Å². The normalized spacial score (nSPS) is 43.3. The van der Waals surface area contributed by atoms with Crippen LogP contribution in [0.5, 0.6) is 0 Å². The lowest BCUT2D eigenvalue weighted by Gasteiger charge is -2.35. The van der Waals surface area contributed by atoms with E-state index in [1.807, 2.05) is 6.92 Å². The molecule has 0 spiro atoms. The molecule has 3 aliphatic rings. The number of carbonyl (C=O) groups is 2. The zero-order valence-corrected chi connectivity index (χ0v) is 16.5. The number of esters is 2. The van der Waals surface area contributed by atoms with E-state index in [2.05, 4.69) is 6.58 Å². The van der Waals surface area contributed by atoms with Crippen molar-refractivity contribution >= 4 is 11.9 Å². The minimum Gasteiger partial charge on any atom is -0.461 e. The zero-order chi connectivity index (χ0) is 20.1. The van der Waals surface area contributed by atoms with Gasteiger partial charge in [-0.25, -0.2) is 4.79 Å². The van der Waals surface area contributed by atoms with Crippen LogP contribution in [-0.4, -0.2) is 53.9 Å². The predicted molar refractivity (Wildman–Crippen MR) is 95.5 cm³/mol. The molecule has 6 atom stereocenters. The van der Waals surface area contributed by atoms with Gasteiger partial charge >= 0.3 is 11.9 Å². The van der Waals surface area contributed by atoms with E-state index in [4.69, 9.17) is 18.9 Å². The van der Waals surface area contributed by atoms with Gasteiger partial charge in [0, 0.05) is 25.5 Å². The van der Waals surface area contributed by atoms with Gasteiger partial charge in [0.05, 0.1) is 23.5 Å². The fourth-order valence-electron chi connectivity index (χ4n) is 4.19. The fourth-order valence-corrected chi connectivity index (χ4v) is 4.19. The smallest absolute Gasteiger partial charge is 0.334 e. The molecule has 3 heterocycles. The summed E-state index contributed by atoms with van der Waals surface area (Å²) in [5, 5.41) is 11.1. The van der Waals surface area contributed by atoms with Crippen LogP contribution in [0.1, 0.15) is 40.5 Å². The van der Waals surface area contributed by atoms with Gasteiger partial charge in [0.1, 0.15) is 12.2 Å². The molecular formula is C20H28O7. The number of rotatable bonds is 3. The van der Waals surface area contributed by atoms with E-state index in [1.165, 1.54) is 0 Å². The van der Waals surface area contributed by atoms with Crippen molar-refractivity contribution in [3.63, 3.8) is 0 Å². The van der Waals surface area contributed by atoms with Crippen LogP contribution < -0.4 is 0 Å². The number of fused-ring (bicyclic) bond motifs is 3. The number of carbonyl (C=O) groups excluding carboxylic acids is 2. The molecule has 7 heteroatoms. The summed E-state index contributed by atoms with van der Waals surface area (Å²) in [5.74, 6) is -3.30. The van der Waals surface area contributed by atoms with Crippen LogP contribution in [0.2, 0.25) is 0 Å². The molecule has 2 fully saturated rings. The van der Waals surface area contributed by atoms with E-state index in [0.29, 0.717) is 5.57 Å². The minimum atomic E-state index is -1.53. The Hall–Kier alpha value is -1.70. The minimum absolute atomic E-state index is 0.236. The van der Waals surface area contributed by atoms with E-state index in [1.54, 1.807) is 34.0 Å². The van der Waals surface area contributed by atoms with Crippen LogP contribution in [-0.2, 0) is 28.5 Å². The van der Waals surface area contributed by atoms with Crippen LogP contribution in [0.15, 0.2) is 23.8 Å². The summed E-state index contributed by atoms with van der Waals surface area (Å²) in [4.78, 5) is 24.5. The Morgan fingerprint density at radius 2 is 2.07 bits per heavy atom. The summed E-state index contributed by atoms with van der Waals surface area (Å²) in [5.41, 5.74) is -0.129. The van der Waals surface area contributed by atoms with Gasteiger partial charge in [0.25, 0.3) is 0 Å². The standard InChI is InChI=1S/C20H28O7/c1-10(2)17(21)26-14-8-19(5)15(24-6)9-20(23,27-19)11(3)7-13-16(14)12(4)18(22)25-13/h7,10,13-16,23H,4,8-9H2,1-3,5-6H3/b11-7-/t13-,14-,15-,16+,19+,20-/m1/s1. The first kappa shape index (κ1) is 20.0. The maximum atomic E-state index is 12.3. The van der Waals surface area contributed by atoms with Crippen molar-refractivity contribution in [3.8, 4) is 0 Å². The fraction of sp³-hybridized carbons (Fsp3) is 0.700. The molecule has 3 rings (SSSR count). The summed E-state index contributed by atoms with van der Waals surface area (Å²) in [6.07, 6.45) is 0.362. The Bertz CT molecular complexity index is 696. The summed E-state index contributed by atoms with van der Waals surface area (Å²) < 4.78 is 22.9. The lowest BCUT2D eigenvalue weighted by atomic mass is 9.80. The van der Waals surface area contributed by atoms with E-state index in [0.717, 1.165) is 0 Å². The average Bonchev–Trinajstić information content (AvgIpc) is 3.00. The first-order valence-electron chi connectivity index (χ1n) is 9.25. The van der Waals surface area contributed by atoms with E-state index in [-0.39, 0.29) is 30.3 Å². The van der Waals surface area contributed by atoms with E-state index < -0.39 is 41.6 Å². The Morgan fingerprint density at radius 3 is 2.67 bits per heavy atom. The molecule has 0 unspecified atom stereocenters. The average molecular weight is 380 g/mol. The SMILES string of the molecule is C=C1C(=O)O[C@@H]2/C=C(/C)[C@@]3(O)C[C@@H](OC)[C@](C)(C[C@@H](OC(=O)C(C)C)[C@@H]12)O3. The highest BCUT2D eigenvalue weighted by atomic mass is 16.7. The molecule has 0 aromatic heterocycles. The van der Waals surface area contributed by atoms with Crippen molar-refractivity contribution in [2.75, 3.05) is 7.11 Å². The molecule has 0 radical (unpaired) electrons. The van der Waals surface area contributed by atoms with Gasteiger partial charge in [0.2, 0.25) is 0 Å². The first-order chi connectivity index (χ1) is 12.5. The number of hydrogen-bond acceptors (Lipinski definition) is 7. The Morgan fingerprint density at radius 1 is 1.41 bits per heavy atom. The van der Waals surface area contributed by atoms with E-state index in [9.17, 15) is 14.7 Å². The number of ether oxygens (including phenoxy) is 4. The lowest BCUT2D eigenvalue weighted by Crippen LogP contribution is -2.45. The number of hydrogen-bond donors (Lipinski definition) is 1. The quantitative estimate of drug-likeness (QED) is 0.454. The third-order valence-corrected chi connectivity index (χ3v) is 5.87. The third-order valence-electron chi connectivity index (χ3n) is 5.87. The van der Waals surface area contributed by atoms with Crippen LogP contribution in [0.25, 0.3) is 0 Å². The van der Waals surface area contributed by atoms with Gasteiger partial charge in [-0.05, 0) is 25.5 Å². The maximum absolute atomic E-state index is 12.3. The highest BCUT2D eigenvalue weighted by molar-refractivity contribution is 5.91. The van der Waals surface area contributed by atoms with Gasteiger partial charge < -0.3 is 24.1 Å². The second-order valence-electron chi connectivity index (χ2n) is 8.23. The molecule has 7 nitrogen and oxygen atoms in total. The molecule has 2 bridgehead atoms. The summed E-state index contributed by atoms with van der Waals surface area (Å²) in [7, 11) is 1.56. The molecular weight excluding hydrogens is 352 g/mol. The Balaban J connectivity index is 2.08. The number of methoxy groups -OCH3 is 1. The highest BCUT2D eigenvalue weighted by Gasteiger charge is 2.58. The van der Waals surface area contributed by atoms with E-state index >= 15 is 0 Å². The molecule has 1 N–H and O–H groups in total. The van der Waals surface area contributed by atoms with Crippen LogP contribution in [0, 0.1) is 11.8 Å². The van der Waals surface area contributed by atoms with Crippen molar-refractivity contribution in [1.82, 2.24) is 0 Å². The summed E-state index contributed by atoms with van der Waals surface area (Å²) in [6.45, 7) is 10.9.